The summed E-state index contributed by atoms with van der Waals surface area (Å²) in [6, 6.07) is 4.34. The summed E-state index contributed by atoms with van der Waals surface area (Å²) in [5, 5.41) is 17.4. The molecular weight excluding hydrogens is 314 g/mol. The van der Waals surface area contributed by atoms with E-state index in [1.807, 2.05) is 6.92 Å². The predicted octanol–water partition coefficient (Wildman–Crippen LogP) is 0.140. The highest BCUT2D eigenvalue weighted by molar-refractivity contribution is 5.96. The molecule has 0 aliphatic carbocycles. The molecule has 0 heterocycles. The lowest BCUT2D eigenvalue weighted by Crippen LogP contribution is -2.25. The fourth-order valence-electron chi connectivity index (χ4n) is 1.22. The van der Waals surface area contributed by atoms with Gasteiger partial charge in [0, 0.05) is 12.6 Å². The lowest BCUT2D eigenvalue weighted by molar-refractivity contribution is 0.0696. The number of rotatable bonds is 5. The van der Waals surface area contributed by atoms with Crippen LogP contribution in [0.15, 0.2) is 18.2 Å². The van der Waals surface area contributed by atoms with Crippen LogP contribution in [0, 0.1) is 6.92 Å². The van der Waals surface area contributed by atoms with Gasteiger partial charge in [0.15, 0.2) is 0 Å². The van der Waals surface area contributed by atoms with Crippen molar-refractivity contribution in [2.24, 2.45) is 22.9 Å². The Morgan fingerprint density at radius 1 is 1.04 bits per heavy atom. The minimum atomic E-state index is -1.11. The number of aromatic carboxylic acids is 2. The molecule has 1 aromatic rings. The Morgan fingerprint density at radius 3 is 1.54 bits per heavy atom. The molecule has 1 rings (SSSR count). The highest BCUT2D eigenvalue weighted by atomic mass is 16.4. The van der Waals surface area contributed by atoms with Crippen LogP contribution in [-0.4, -0.2) is 47.8 Å². The van der Waals surface area contributed by atoms with Crippen LogP contribution < -0.4 is 29.1 Å². The lowest BCUT2D eigenvalue weighted by atomic mass is 10.0. The zero-order chi connectivity index (χ0) is 18.4. The van der Waals surface area contributed by atoms with Crippen molar-refractivity contribution in [2.75, 3.05) is 19.6 Å². The largest absolute Gasteiger partial charge is 0.478 e. The van der Waals surface area contributed by atoms with Crippen molar-refractivity contribution >= 4 is 11.9 Å². The molecule has 0 radical (unpaired) electrons. The molecular formula is C15H31N5O4. The Labute approximate surface area is 142 Å². The van der Waals surface area contributed by atoms with Crippen molar-refractivity contribution in [1.82, 2.24) is 6.15 Å². The summed E-state index contributed by atoms with van der Waals surface area (Å²) in [5.41, 5.74) is 20.7. The fraction of sp³-hybridized carbons (Fsp3) is 0.467. The van der Waals surface area contributed by atoms with E-state index < -0.39 is 11.9 Å². The summed E-state index contributed by atoms with van der Waals surface area (Å²) < 4.78 is 0. The minimum Gasteiger partial charge on any atom is -0.478 e. The maximum Gasteiger partial charge on any atom is 0.335 e. The van der Waals surface area contributed by atoms with Gasteiger partial charge in [-0.1, -0.05) is 6.07 Å². The molecule has 0 fully saturated rings. The van der Waals surface area contributed by atoms with Gasteiger partial charge >= 0.3 is 11.9 Å². The molecule has 0 aliphatic rings. The van der Waals surface area contributed by atoms with Crippen LogP contribution in [0.2, 0.25) is 0 Å². The number of hydrogen-bond donors (Lipinski definition) is 7. The Morgan fingerprint density at radius 2 is 1.38 bits per heavy atom. The van der Waals surface area contributed by atoms with E-state index in [0.29, 0.717) is 6.54 Å². The molecule has 0 aromatic heterocycles. The topological polar surface area (TPSA) is 214 Å². The summed E-state index contributed by atoms with van der Waals surface area (Å²) in [6.07, 6.45) is 0.944. The minimum absolute atomic E-state index is 0. The third-order valence-corrected chi connectivity index (χ3v) is 2.57. The van der Waals surface area contributed by atoms with E-state index in [1.54, 1.807) is 0 Å². The summed E-state index contributed by atoms with van der Waals surface area (Å²) in [4.78, 5) is 21.2. The number of carbonyl (C=O) groups is 2. The van der Waals surface area contributed by atoms with Crippen molar-refractivity contribution < 1.29 is 19.8 Å². The summed E-state index contributed by atoms with van der Waals surface area (Å²) in [7, 11) is 0. The third kappa shape index (κ3) is 12.5. The number of nitrogens with two attached hydrogens (primary N) is 4. The fourth-order valence-corrected chi connectivity index (χ4v) is 1.22. The zero-order valence-corrected chi connectivity index (χ0v) is 14.4. The maximum atomic E-state index is 10.6. The first-order valence-corrected chi connectivity index (χ1v) is 7.14. The maximum absolute atomic E-state index is 10.6. The second-order valence-corrected chi connectivity index (χ2v) is 4.73. The highest BCUT2D eigenvalue weighted by Crippen LogP contribution is 2.13. The van der Waals surface area contributed by atoms with Crippen LogP contribution in [0.1, 0.15) is 39.6 Å². The highest BCUT2D eigenvalue weighted by Gasteiger charge is 2.13. The Balaban J connectivity index is -0.000000337. The van der Waals surface area contributed by atoms with Gasteiger partial charge in [0.1, 0.15) is 0 Å². The van der Waals surface area contributed by atoms with Crippen LogP contribution in [0.4, 0.5) is 0 Å². The zero-order valence-electron chi connectivity index (χ0n) is 14.4. The van der Waals surface area contributed by atoms with Crippen molar-refractivity contribution in [2.45, 2.75) is 26.3 Å². The molecule has 24 heavy (non-hydrogen) atoms. The number of hydrogen-bond acceptors (Lipinski definition) is 7. The molecule has 0 spiro atoms. The first-order valence-electron chi connectivity index (χ1n) is 7.14. The van der Waals surface area contributed by atoms with E-state index in [9.17, 15) is 9.59 Å². The van der Waals surface area contributed by atoms with E-state index in [4.69, 9.17) is 33.1 Å². The molecule has 1 aromatic carbocycles. The lowest BCUT2D eigenvalue weighted by Gasteiger charge is -2.03. The Kier molecular flexibility index (Phi) is 17.7. The smallest absolute Gasteiger partial charge is 0.335 e. The first kappa shape index (κ1) is 26.8. The molecule has 1 atom stereocenters. The van der Waals surface area contributed by atoms with Crippen molar-refractivity contribution in [3.63, 3.8) is 0 Å². The molecule has 0 amide bonds. The van der Waals surface area contributed by atoms with Crippen LogP contribution in [0.25, 0.3) is 0 Å². The Bertz CT molecular complexity index is 447. The van der Waals surface area contributed by atoms with Crippen LogP contribution >= 0.6 is 0 Å². The SMILES string of the molecule is CC(N)CN.Cc1c(C(=O)O)cccc1C(=O)O.N.NCCCN. The van der Waals surface area contributed by atoms with Gasteiger partial charge in [-0.3, -0.25) is 0 Å². The number of carboxylic acid groups (broad SMARTS) is 2. The van der Waals surface area contributed by atoms with Gasteiger partial charge in [-0.2, -0.15) is 0 Å². The summed E-state index contributed by atoms with van der Waals surface area (Å²) in [5.74, 6) is -2.22. The van der Waals surface area contributed by atoms with Crippen LogP contribution in [0.3, 0.4) is 0 Å². The van der Waals surface area contributed by atoms with Crippen LogP contribution in [0.5, 0.6) is 0 Å². The van der Waals surface area contributed by atoms with E-state index in [2.05, 4.69) is 0 Å². The van der Waals surface area contributed by atoms with Crippen molar-refractivity contribution in [3.05, 3.63) is 34.9 Å². The normalized spacial score (nSPS) is 10.1. The molecule has 9 nitrogen and oxygen atoms in total. The quantitative estimate of drug-likeness (QED) is 0.385. The van der Waals surface area contributed by atoms with E-state index in [1.165, 1.54) is 25.1 Å². The molecule has 9 heteroatoms. The number of benzene rings is 1. The predicted molar refractivity (Wildman–Crippen MR) is 95.5 cm³/mol. The Hall–Kier alpha value is -2.04. The molecule has 0 aliphatic heterocycles. The summed E-state index contributed by atoms with van der Waals surface area (Å²) >= 11 is 0. The van der Waals surface area contributed by atoms with Gasteiger partial charge in [-0.25, -0.2) is 9.59 Å². The van der Waals surface area contributed by atoms with E-state index >= 15 is 0 Å². The van der Waals surface area contributed by atoms with Gasteiger partial charge < -0.3 is 39.3 Å². The molecule has 0 saturated heterocycles. The second-order valence-electron chi connectivity index (χ2n) is 4.73. The average molecular weight is 345 g/mol. The van der Waals surface area contributed by atoms with E-state index in [-0.39, 0.29) is 28.9 Å². The standard InChI is InChI=1S/C9H8O4.2C3H10N2.H3N/c1-5-6(8(10)11)3-2-4-7(5)9(12)13;1-3(5)2-4;4-2-1-3-5;/h2-4H,1H3,(H,10,11)(H,12,13);3H,2,4-5H2,1H3;1-5H2;1H3. The summed E-state index contributed by atoms with van der Waals surface area (Å²) in [6.45, 7) is 5.37. The molecule has 0 bridgehead atoms. The van der Waals surface area contributed by atoms with Crippen molar-refractivity contribution in [3.8, 4) is 0 Å². The van der Waals surface area contributed by atoms with Gasteiger partial charge in [0.05, 0.1) is 11.1 Å². The monoisotopic (exact) mass is 345 g/mol. The van der Waals surface area contributed by atoms with Gasteiger partial charge in [0.2, 0.25) is 0 Å². The van der Waals surface area contributed by atoms with Gasteiger partial charge in [-0.15, -0.1) is 0 Å². The van der Waals surface area contributed by atoms with Crippen molar-refractivity contribution in [1.29, 1.82) is 0 Å². The first-order chi connectivity index (χ1) is 10.7. The van der Waals surface area contributed by atoms with Gasteiger partial charge in [0.25, 0.3) is 0 Å². The van der Waals surface area contributed by atoms with Crippen LogP contribution in [-0.2, 0) is 0 Å². The molecule has 0 saturated carbocycles. The molecule has 13 N–H and O–H groups in total. The van der Waals surface area contributed by atoms with Gasteiger partial charge in [-0.05, 0) is 51.1 Å². The third-order valence-electron chi connectivity index (χ3n) is 2.57. The average Bonchev–Trinajstić information content (AvgIpc) is 2.48. The molecule has 1 unspecified atom stereocenters. The van der Waals surface area contributed by atoms with E-state index in [0.717, 1.165) is 19.5 Å². The second kappa shape index (κ2) is 15.8. The number of carboxylic acids is 2. The molecule has 140 valence electrons.